The molecule has 1 aliphatic heterocycles. The van der Waals surface area contributed by atoms with Gasteiger partial charge in [-0.1, -0.05) is 23.5 Å². The Labute approximate surface area is 134 Å². The van der Waals surface area contributed by atoms with E-state index in [0.29, 0.717) is 14.6 Å². The molecule has 1 saturated heterocycles. The molecule has 0 N–H and O–H groups in total. The van der Waals surface area contributed by atoms with Crippen LogP contribution in [0.15, 0.2) is 29.3 Å². The molecular formula is C14H12N4O4S. The Bertz CT molecular complexity index is 926. The van der Waals surface area contributed by atoms with Gasteiger partial charge in [-0.2, -0.15) is 4.99 Å². The number of hydrogen-bond acceptors (Lipinski definition) is 5. The quantitative estimate of drug-likeness (QED) is 0.575. The molecule has 0 unspecified atom stereocenters. The minimum Gasteiger partial charge on any atom is -0.319 e. The van der Waals surface area contributed by atoms with Gasteiger partial charge < -0.3 is 4.57 Å². The number of benzene rings is 1. The van der Waals surface area contributed by atoms with Crippen molar-refractivity contribution in [1.82, 2.24) is 14.4 Å². The average molecular weight is 332 g/mol. The van der Waals surface area contributed by atoms with E-state index in [1.165, 1.54) is 18.4 Å². The first-order valence-electron chi connectivity index (χ1n) is 6.66. The lowest BCUT2D eigenvalue weighted by Gasteiger charge is -2.09. The van der Waals surface area contributed by atoms with E-state index in [9.17, 15) is 19.2 Å². The van der Waals surface area contributed by atoms with Gasteiger partial charge in [-0.05, 0) is 12.1 Å². The Hall–Kier alpha value is -2.81. The van der Waals surface area contributed by atoms with Gasteiger partial charge in [-0.25, -0.2) is 9.69 Å². The number of thiazole rings is 1. The van der Waals surface area contributed by atoms with Crippen LogP contribution in [0, 0.1) is 0 Å². The number of fused-ring (bicyclic) bond motifs is 1. The minimum atomic E-state index is -1.01. The number of aromatic nitrogens is 1. The van der Waals surface area contributed by atoms with Crippen molar-refractivity contribution < 1.29 is 19.2 Å². The summed E-state index contributed by atoms with van der Waals surface area (Å²) in [5, 5.41) is 0. The zero-order valence-corrected chi connectivity index (χ0v) is 13.2. The molecule has 1 aromatic carbocycles. The molecule has 2 heterocycles. The molecular weight excluding hydrogens is 320 g/mol. The third-order valence-electron chi connectivity index (χ3n) is 3.48. The van der Waals surface area contributed by atoms with E-state index in [2.05, 4.69) is 4.99 Å². The van der Waals surface area contributed by atoms with Gasteiger partial charge in [0.2, 0.25) is 0 Å². The van der Waals surface area contributed by atoms with E-state index in [0.717, 1.165) is 10.2 Å². The number of carbonyl (C=O) groups is 4. The third-order valence-corrected chi connectivity index (χ3v) is 4.59. The van der Waals surface area contributed by atoms with Crippen molar-refractivity contribution in [3.63, 3.8) is 0 Å². The molecule has 23 heavy (non-hydrogen) atoms. The topological polar surface area (TPSA) is 92.1 Å². The van der Waals surface area contributed by atoms with Crippen LogP contribution in [-0.2, 0) is 21.4 Å². The summed E-state index contributed by atoms with van der Waals surface area (Å²) in [5.41, 5.74) is 0.923. The van der Waals surface area contributed by atoms with Crippen molar-refractivity contribution in [1.29, 1.82) is 0 Å². The first-order chi connectivity index (χ1) is 10.9. The zero-order chi connectivity index (χ0) is 16.7. The Morgan fingerprint density at radius 1 is 1.13 bits per heavy atom. The number of para-hydroxylation sites is 1. The second kappa shape index (κ2) is 5.43. The summed E-state index contributed by atoms with van der Waals surface area (Å²) in [6.07, 6.45) is 0. The molecule has 9 heteroatoms. The van der Waals surface area contributed by atoms with E-state index in [-0.39, 0.29) is 0 Å². The van der Waals surface area contributed by atoms with Crippen LogP contribution in [0.1, 0.15) is 0 Å². The number of hydrogen-bond donors (Lipinski definition) is 0. The molecule has 0 atom stereocenters. The largest absolute Gasteiger partial charge is 0.334 e. The fraction of sp³-hybridized carbons (Fsp3) is 0.214. The lowest BCUT2D eigenvalue weighted by molar-refractivity contribution is -0.143. The van der Waals surface area contributed by atoms with Gasteiger partial charge >= 0.3 is 17.8 Å². The van der Waals surface area contributed by atoms with Crippen LogP contribution in [0.3, 0.4) is 0 Å². The molecule has 118 valence electrons. The highest BCUT2D eigenvalue weighted by Crippen LogP contribution is 2.15. The van der Waals surface area contributed by atoms with Crippen LogP contribution in [0.5, 0.6) is 0 Å². The Morgan fingerprint density at radius 3 is 2.43 bits per heavy atom. The number of likely N-dealkylation sites (N-methyl/N-ethyl adjacent to an activating group) is 1. The summed E-state index contributed by atoms with van der Waals surface area (Å²) in [7, 11) is 2.96. The Kier molecular flexibility index (Phi) is 3.57. The molecule has 0 saturated carbocycles. The Morgan fingerprint density at radius 2 is 1.83 bits per heavy atom. The highest BCUT2D eigenvalue weighted by Gasteiger charge is 2.42. The molecule has 0 bridgehead atoms. The summed E-state index contributed by atoms with van der Waals surface area (Å²) >= 11 is 1.32. The summed E-state index contributed by atoms with van der Waals surface area (Å²) < 4.78 is 2.72. The molecule has 0 aliphatic carbocycles. The maximum absolute atomic E-state index is 12.1. The number of urea groups is 1. The van der Waals surface area contributed by atoms with Crippen LogP contribution < -0.4 is 4.80 Å². The summed E-state index contributed by atoms with van der Waals surface area (Å²) in [6.45, 7) is -0.554. The van der Waals surface area contributed by atoms with Gasteiger partial charge in [0.15, 0.2) is 4.80 Å². The first-order valence-corrected chi connectivity index (χ1v) is 7.47. The van der Waals surface area contributed by atoms with Crippen LogP contribution in [-0.4, -0.2) is 51.7 Å². The van der Waals surface area contributed by atoms with Crippen LogP contribution >= 0.6 is 11.3 Å². The zero-order valence-electron chi connectivity index (χ0n) is 12.3. The monoisotopic (exact) mass is 332 g/mol. The predicted molar refractivity (Wildman–Crippen MR) is 81.2 cm³/mol. The van der Waals surface area contributed by atoms with Gasteiger partial charge in [-0.15, -0.1) is 0 Å². The number of nitrogens with zero attached hydrogens (tertiary/aromatic N) is 4. The normalized spacial score (nSPS) is 16.1. The van der Waals surface area contributed by atoms with Gasteiger partial charge in [0.05, 0.1) is 10.2 Å². The third kappa shape index (κ3) is 2.44. The molecule has 1 aromatic heterocycles. The highest BCUT2D eigenvalue weighted by molar-refractivity contribution is 7.16. The number of rotatable bonds is 2. The van der Waals surface area contributed by atoms with Crippen molar-refractivity contribution in [3.05, 3.63) is 29.1 Å². The van der Waals surface area contributed by atoms with E-state index in [4.69, 9.17) is 0 Å². The van der Waals surface area contributed by atoms with Crippen molar-refractivity contribution in [2.24, 2.45) is 12.0 Å². The first kappa shape index (κ1) is 15.1. The second-order valence-electron chi connectivity index (χ2n) is 4.95. The molecule has 8 nitrogen and oxygen atoms in total. The number of carbonyl (C=O) groups excluding carboxylic acids is 4. The van der Waals surface area contributed by atoms with Crippen LogP contribution in [0.4, 0.5) is 4.79 Å². The molecule has 2 aromatic rings. The van der Waals surface area contributed by atoms with Gasteiger partial charge in [-0.3, -0.25) is 19.3 Å². The molecule has 1 fully saturated rings. The SMILES string of the molecule is CN1C(=O)C(=O)N(CC(=O)N=c2sc3ccccc3n2C)C1=O. The van der Waals surface area contributed by atoms with E-state index >= 15 is 0 Å². The standard InChI is InChI=1S/C14H12N4O4S/c1-16-8-5-3-4-6-9(8)23-13(16)15-10(19)7-18-12(21)11(20)17(2)14(18)22/h3-6H,7H2,1-2H3. The molecule has 0 spiro atoms. The van der Waals surface area contributed by atoms with Gasteiger partial charge in [0.25, 0.3) is 5.91 Å². The van der Waals surface area contributed by atoms with E-state index in [1.54, 1.807) is 11.6 Å². The second-order valence-corrected chi connectivity index (χ2v) is 5.96. The van der Waals surface area contributed by atoms with Crippen LogP contribution in [0.2, 0.25) is 0 Å². The Balaban J connectivity index is 1.89. The van der Waals surface area contributed by atoms with E-state index in [1.807, 2.05) is 24.3 Å². The van der Waals surface area contributed by atoms with Gasteiger partial charge in [0.1, 0.15) is 6.54 Å². The van der Waals surface area contributed by atoms with Crippen molar-refractivity contribution in [2.45, 2.75) is 0 Å². The lowest BCUT2D eigenvalue weighted by Crippen LogP contribution is -2.36. The maximum atomic E-state index is 12.1. The minimum absolute atomic E-state index is 0.454. The summed E-state index contributed by atoms with van der Waals surface area (Å²) in [5.74, 6) is -2.63. The number of aryl methyl sites for hydroxylation is 1. The smallest absolute Gasteiger partial charge is 0.319 e. The van der Waals surface area contributed by atoms with Gasteiger partial charge in [0, 0.05) is 14.1 Å². The van der Waals surface area contributed by atoms with Crippen molar-refractivity contribution in [3.8, 4) is 0 Å². The molecule has 3 rings (SSSR count). The average Bonchev–Trinajstić information content (AvgIpc) is 2.94. The maximum Gasteiger partial charge on any atom is 0.334 e. The van der Waals surface area contributed by atoms with Crippen LogP contribution in [0.25, 0.3) is 10.2 Å². The lowest BCUT2D eigenvalue weighted by atomic mass is 10.3. The fourth-order valence-corrected chi connectivity index (χ4v) is 3.25. The molecule has 0 radical (unpaired) electrons. The van der Waals surface area contributed by atoms with Crippen molar-refractivity contribution >= 4 is 45.3 Å². The number of imide groups is 2. The molecule has 5 amide bonds. The number of amides is 5. The summed E-state index contributed by atoms with van der Waals surface area (Å²) in [6, 6.07) is 6.75. The predicted octanol–water partition coefficient (Wildman–Crippen LogP) is 0.0877. The molecule has 1 aliphatic rings. The van der Waals surface area contributed by atoms with E-state index < -0.39 is 30.3 Å². The fourth-order valence-electron chi connectivity index (χ4n) is 2.22. The van der Waals surface area contributed by atoms with Crippen molar-refractivity contribution in [2.75, 3.05) is 13.6 Å². The summed E-state index contributed by atoms with van der Waals surface area (Å²) in [4.78, 5) is 52.5. The highest BCUT2D eigenvalue weighted by atomic mass is 32.1.